The fourth-order valence-electron chi connectivity index (χ4n) is 1.21. The van der Waals surface area contributed by atoms with Crippen LogP contribution in [-0.4, -0.2) is 19.4 Å². The van der Waals surface area contributed by atoms with Gasteiger partial charge in [0.05, 0.1) is 0 Å². The van der Waals surface area contributed by atoms with E-state index in [2.05, 4.69) is 20.7 Å². The molecule has 1 aromatic carbocycles. The third kappa shape index (κ3) is 6.02. The fourth-order valence-corrected chi connectivity index (χ4v) is 1.71. The number of hydrogen-bond donors (Lipinski definition) is 0. The first-order valence-electron chi connectivity index (χ1n) is 4.92. The molecule has 0 spiro atoms. The molecule has 0 aliphatic heterocycles. The lowest BCUT2D eigenvalue weighted by atomic mass is 10.1. The fraction of sp³-hybridized carbons (Fsp3) is 0.455. The van der Waals surface area contributed by atoms with Gasteiger partial charge in [-0.3, -0.25) is 0 Å². The van der Waals surface area contributed by atoms with Crippen molar-refractivity contribution in [2.75, 3.05) is 13.2 Å². The van der Waals surface area contributed by atoms with E-state index in [0.29, 0.717) is 6.42 Å². The normalized spacial score (nSPS) is 13.7. The van der Waals surface area contributed by atoms with Gasteiger partial charge in [-0.2, -0.15) is 13.2 Å². The predicted octanol–water partition coefficient (Wildman–Crippen LogP) is 4.23. The highest BCUT2D eigenvalue weighted by molar-refractivity contribution is 9.09. The van der Waals surface area contributed by atoms with Gasteiger partial charge in [-0.15, -0.1) is 0 Å². The Kier molecular flexibility index (Phi) is 5.39. The van der Waals surface area contributed by atoms with Crippen molar-refractivity contribution >= 4 is 15.9 Å². The van der Waals surface area contributed by atoms with E-state index in [-0.39, 0.29) is 17.3 Å². The molecule has 0 saturated heterocycles. The monoisotopic (exact) mass is 314 g/mol. The Hall–Kier alpha value is -0.620. The lowest BCUT2D eigenvalue weighted by Gasteiger charge is -2.11. The van der Waals surface area contributed by atoms with Gasteiger partial charge in [0.2, 0.25) is 0 Å². The summed E-state index contributed by atoms with van der Waals surface area (Å²) in [6.07, 6.45) is -3.90. The average Bonchev–Trinajstić information content (AvgIpc) is 2.24. The van der Waals surface area contributed by atoms with Crippen molar-refractivity contribution in [3.8, 4) is 0 Å². The Morgan fingerprint density at radius 1 is 1.18 bits per heavy atom. The second kappa shape index (κ2) is 6.35. The van der Waals surface area contributed by atoms with Crippen LogP contribution in [0.25, 0.3) is 0 Å². The van der Waals surface area contributed by atoms with Crippen LogP contribution in [0.15, 0.2) is 24.3 Å². The van der Waals surface area contributed by atoms with Gasteiger partial charge in [0.1, 0.15) is 12.4 Å². The molecule has 6 heteroatoms. The summed E-state index contributed by atoms with van der Waals surface area (Å²) in [5, 5.41) is 0. The molecule has 1 rings (SSSR count). The zero-order valence-corrected chi connectivity index (χ0v) is 10.4. The van der Waals surface area contributed by atoms with Crippen LogP contribution >= 0.6 is 15.9 Å². The van der Waals surface area contributed by atoms with E-state index in [1.165, 1.54) is 12.1 Å². The number of rotatable bonds is 5. The van der Waals surface area contributed by atoms with Crippen molar-refractivity contribution in [1.82, 2.24) is 0 Å². The molecule has 0 aliphatic carbocycles. The van der Waals surface area contributed by atoms with Crippen LogP contribution in [0.3, 0.4) is 0 Å². The summed E-state index contributed by atoms with van der Waals surface area (Å²) in [6.45, 7) is -1.25. The van der Waals surface area contributed by atoms with E-state index in [1.54, 1.807) is 12.1 Å². The van der Waals surface area contributed by atoms with Gasteiger partial charge in [0.25, 0.3) is 0 Å². The molecule has 1 unspecified atom stereocenters. The first-order chi connectivity index (χ1) is 7.88. The third-order valence-electron chi connectivity index (χ3n) is 2.01. The summed E-state index contributed by atoms with van der Waals surface area (Å²) in [5.74, 6) is -0.346. The van der Waals surface area contributed by atoms with Crippen molar-refractivity contribution < 1.29 is 22.3 Å². The molecule has 96 valence electrons. The number of benzene rings is 1. The molecule has 1 nitrogen and oxygen atoms in total. The Morgan fingerprint density at radius 3 is 2.29 bits per heavy atom. The SMILES string of the molecule is Fc1ccc(C(Br)CCOCC(F)(F)F)cc1. The number of halogens is 5. The molecule has 0 aliphatic rings. The Bertz CT molecular complexity index is 336. The van der Waals surface area contributed by atoms with E-state index in [4.69, 9.17) is 0 Å². The molecule has 0 heterocycles. The molecular formula is C11H11BrF4O. The summed E-state index contributed by atoms with van der Waals surface area (Å²) < 4.78 is 52.4. The smallest absolute Gasteiger partial charge is 0.372 e. The minimum Gasteiger partial charge on any atom is -0.372 e. The standard InChI is InChI=1S/C11H11BrF4O/c12-10(5-6-17-7-11(14,15)16)8-1-3-9(13)4-2-8/h1-4,10H,5-7H2. The summed E-state index contributed by atoms with van der Waals surface area (Å²) in [6, 6.07) is 5.78. The van der Waals surface area contributed by atoms with Crippen LogP contribution in [-0.2, 0) is 4.74 Å². The topological polar surface area (TPSA) is 9.23 Å². The Labute approximate surface area is 105 Å². The molecule has 0 radical (unpaired) electrons. The summed E-state index contributed by atoms with van der Waals surface area (Å²) >= 11 is 3.31. The van der Waals surface area contributed by atoms with Crippen molar-refractivity contribution in [2.24, 2.45) is 0 Å². The molecule has 1 atom stereocenters. The lowest BCUT2D eigenvalue weighted by molar-refractivity contribution is -0.174. The summed E-state index contributed by atoms with van der Waals surface area (Å²) in [7, 11) is 0. The van der Waals surface area contributed by atoms with E-state index in [0.717, 1.165) is 5.56 Å². The van der Waals surface area contributed by atoms with Crippen LogP contribution in [0.2, 0.25) is 0 Å². The van der Waals surface area contributed by atoms with Gasteiger partial charge in [0.15, 0.2) is 0 Å². The maximum atomic E-state index is 12.6. The molecule has 0 N–H and O–H groups in total. The predicted molar refractivity (Wildman–Crippen MR) is 59.6 cm³/mol. The van der Waals surface area contributed by atoms with Crippen LogP contribution in [0, 0.1) is 5.82 Å². The van der Waals surface area contributed by atoms with Gasteiger partial charge < -0.3 is 4.74 Å². The van der Waals surface area contributed by atoms with Crippen LogP contribution in [0.4, 0.5) is 17.6 Å². The van der Waals surface area contributed by atoms with E-state index >= 15 is 0 Å². The molecular weight excluding hydrogens is 304 g/mol. The molecule has 0 amide bonds. The quantitative estimate of drug-likeness (QED) is 0.449. The van der Waals surface area contributed by atoms with E-state index in [9.17, 15) is 17.6 Å². The molecule has 1 aromatic rings. The highest BCUT2D eigenvalue weighted by Crippen LogP contribution is 2.26. The van der Waals surface area contributed by atoms with Crippen molar-refractivity contribution in [2.45, 2.75) is 17.4 Å². The first-order valence-corrected chi connectivity index (χ1v) is 5.84. The maximum absolute atomic E-state index is 12.6. The van der Waals surface area contributed by atoms with E-state index < -0.39 is 12.8 Å². The Morgan fingerprint density at radius 2 is 1.76 bits per heavy atom. The van der Waals surface area contributed by atoms with Gasteiger partial charge in [-0.05, 0) is 24.1 Å². The van der Waals surface area contributed by atoms with Crippen LogP contribution < -0.4 is 0 Å². The second-order valence-electron chi connectivity index (χ2n) is 3.48. The maximum Gasteiger partial charge on any atom is 0.411 e. The highest BCUT2D eigenvalue weighted by atomic mass is 79.9. The average molecular weight is 315 g/mol. The van der Waals surface area contributed by atoms with Crippen molar-refractivity contribution in [1.29, 1.82) is 0 Å². The molecule has 0 fully saturated rings. The number of ether oxygens (including phenoxy) is 1. The van der Waals surface area contributed by atoms with Crippen molar-refractivity contribution in [3.05, 3.63) is 35.6 Å². The molecule has 0 bridgehead atoms. The number of hydrogen-bond acceptors (Lipinski definition) is 1. The summed E-state index contributed by atoms with van der Waals surface area (Å²) in [4.78, 5) is -0.142. The van der Waals surface area contributed by atoms with Gasteiger partial charge in [0, 0.05) is 11.4 Å². The minimum absolute atomic E-state index is 0.00714. The second-order valence-corrected chi connectivity index (χ2v) is 4.58. The molecule has 0 aromatic heterocycles. The zero-order chi connectivity index (χ0) is 12.9. The number of alkyl halides is 4. The first kappa shape index (κ1) is 14.4. The third-order valence-corrected chi connectivity index (χ3v) is 3.00. The summed E-state index contributed by atoms with van der Waals surface area (Å²) in [5.41, 5.74) is 0.807. The molecule has 17 heavy (non-hydrogen) atoms. The largest absolute Gasteiger partial charge is 0.411 e. The van der Waals surface area contributed by atoms with Crippen LogP contribution in [0.1, 0.15) is 16.8 Å². The lowest BCUT2D eigenvalue weighted by Crippen LogP contribution is -2.17. The van der Waals surface area contributed by atoms with Gasteiger partial charge in [-0.25, -0.2) is 4.39 Å². The van der Waals surface area contributed by atoms with E-state index in [1.807, 2.05) is 0 Å². The van der Waals surface area contributed by atoms with Gasteiger partial charge in [-0.1, -0.05) is 28.1 Å². The zero-order valence-electron chi connectivity index (χ0n) is 8.81. The minimum atomic E-state index is -4.29. The van der Waals surface area contributed by atoms with Crippen molar-refractivity contribution in [3.63, 3.8) is 0 Å². The molecule has 0 saturated carbocycles. The Balaban J connectivity index is 2.30. The highest BCUT2D eigenvalue weighted by Gasteiger charge is 2.27. The van der Waals surface area contributed by atoms with Crippen LogP contribution in [0.5, 0.6) is 0 Å². The van der Waals surface area contributed by atoms with Gasteiger partial charge >= 0.3 is 6.18 Å².